The number of aromatic nitrogens is 1. The molecule has 11 heteroatoms. The number of cyclic esters (lactones) is 1. The molecule has 1 spiro atoms. The molecular weight excluding hydrogens is 444 g/mol. The quantitative estimate of drug-likeness (QED) is 0.416. The smallest absolute Gasteiger partial charge is 0.312 e. The summed E-state index contributed by atoms with van der Waals surface area (Å²) < 4.78 is 5.76. The maximum atomic E-state index is 12.6. The molecule has 3 fully saturated rings. The van der Waals surface area contributed by atoms with Crippen molar-refractivity contribution in [2.75, 3.05) is 44.2 Å². The van der Waals surface area contributed by atoms with Crippen LogP contribution >= 0.6 is 0 Å². The van der Waals surface area contributed by atoms with Crippen molar-refractivity contribution in [3.8, 4) is 0 Å². The lowest BCUT2D eigenvalue weighted by Gasteiger charge is -2.37. The molecule has 1 amide bonds. The Morgan fingerprint density at radius 2 is 1.79 bits per heavy atom. The summed E-state index contributed by atoms with van der Waals surface area (Å²) in [6.07, 6.45) is 6.65. The molecule has 0 bridgehead atoms. The van der Waals surface area contributed by atoms with Crippen molar-refractivity contribution in [2.45, 2.75) is 45.1 Å². The monoisotopic (exact) mass is 478 g/mol. The summed E-state index contributed by atoms with van der Waals surface area (Å²) in [4.78, 5) is 50.3. The van der Waals surface area contributed by atoms with E-state index >= 15 is 0 Å². The van der Waals surface area contributed by atoms with Crippen molar-refractivity contribution < 1.29 is 34.1 Å². The van der Waals surface area contributed by atoms with E-state index in [1.165, 1.54) is 12.8 Å². The highest BCUT2D eigenvalue weighted by Gasteiger charge is 2.50. The highest BCUT2D eigenvalue weighted by molar-refractivity contribution is 5.94. The number of amides is 1. The molecule has 1 aromatic heterocycles. The first kappa shape index (κ1) is 27.0. The van der Waals surface area contributed by atoms with Crippen LogP contribution in [0, 0.1) is 5.41 Å². The normalized spacial score (nSPS) is 20.9. The van der Waals surface area contributed by atoms with Gasteiger partial charge < -0.3 is 25.2 Å². The number of anilines is 1. The van der Waals surface area contributed by atoms with Crippen LogP contribution in [-0.2, 0) is 19.1 Å². The standard InChI is InChI=1S/C21H30N4O3.2CH2O2/c1-2-22-19(26)16-5-6-18(23-14-16)25-11-7-21(8-12-25)13-17(28-20(21)27)15-24-9-3-4-10-24;2*2-1-3/h5-6,14,17H,2-4,7-13,15H2,1H3,(H,22,26);2*1H,(H,2,3). The van der Waals surface area contributed by atoms with Gasteiger partial charge in [-0.2, -0.15) is 0 Å². The molecule has 188 valence electrons. The zero-order chi connectivity index (χ0) is 25.0. The second-order valence-corrected chi connectivity index (χ2v) is 8.48. The van der Waals surface area contributed by atoms with E-state index in [1.807, 2.05) is 19.1 Å². The van der Waals surface area contributed by atoms with Gasteiger partial charge in [-0.25, -0.2) is 4.98 Å². The third-order valence-corrected chi connectivity index (χ3v) is 6.38. The molecule has 4 rings (SSSR count). The van der Waals surface area contributed by atoms with Crippen molar-refractivity contribution in [3.05, 3.63) is 23.9 Å². The Kier molecular flexibility index (Phi) is 10.7. The van der Waals surface area contributed by atoms with Crippen LogP contribution in [0.1, 0.15) is 49.4 Å². The van der Waals surface area contributed by atoms with Crippen LogP contribution in [0.2, 0.25) is 0 Å². The fourth-order valence-corrected chi connectivity index (χ4v) is 4.73. The van der Waals surface area contributed by atoms with Gasteiger partial charge in [-0.05, 0) is 57.8 Å². The van der Waals surface area contributed by atoms with Crippen molar-refractivity contribution >= 4 is 30.6 Å². The van der Waals surface area contributed by atoms with Crippen LogP contribution < -0.4 is 10.2 Å². The molecule has 1 unspecified atom stereocenters. The van der Waals surface area contributed by atoms with Gasteiger partial charge in [0.1, 0.15) is 11.9 Å². The average molecular weight is 479 g/mol. The maximum Gasteiger partial charge on any atom is 0.312 e. The Balaban J connectivity index is 0.000000618. The molecule has 34 heavy (non-hydrogen) atoms. The highest BCUT2D eigenvalue weighted by Crippen LogP contribution is 2.44. The number of carboxylic acid groups (broad SMARTS) is 2. The molecule has 3 N–H and O–H groups in total. The minimum Gasteiger partial charge on any atom is -0.483 e. The molecule has 0 radical (unpaired) electrons. The molecule has 3 saturated heterocycles. The summed E-state index contributed by atoms with van der Waals surface area (Å²) in [7, 11) is 0. The van der Waals surface area contributed by atoms with E-state index in [4.69, 9.17) is 24.5 Å². The van der Waals surface area contributed by atoms with Crippen LogP contribution in [0.3, 0.4) is 0 Å². The number of piperidine rings is 1. The van der Waals surface area contributed by atoms with Crippen LogP contribution in [0.5, 0.6) is 0 Å². The summed E-state index contributed by atoms with van der Waals surface area (Å²) in [5.74, 6) is 0.760. The number of nitrogens with one attached hydrogen (secondary N) is 1. The van der Waals surface area contributed by atoms with Gasteiger partial charge in [0, 0.05) is 38.8 Å². The first-order valence-corrected chi connectivity index (χ1v) is 11.5. The fraction of sp³-hybridized carbons (Fsp3) is 0.609. The van der Waals surface area contributed by atoms with Crippen LogP contribution in [0.25, 0.3) is 0 Å². The number of pyridine rings is 1. The number of hydrogen-bond acceptors (Lipinski definition) is 8. The molecule has 4 heterocycles. The topological polar surface area (TPSA) is 149 Å². The van der Waals surface area contributed by atoms with E-state index in [0.717, 1.165) is 57.8 Å². The second kappa shape index (κ2) is 13.5. The minimum atomic E-state index is -0.318. The van der Waals surface area contributed by atoms with E-state index < -0.39 is 0 Å². The van der Waals surface area contributed by atoms with Crippen LogP contribution in [0.4, 0.5) is 5.82 Å². The summed E-state index contributed by atoms with van der Waals surface area (Å²) in [6, 6.07) is 3.71. The average Bonchev–Trinajstić information content (AvgIpc) is 3.44. The molecule has 3 aliphatic heterocycles. The van der Waals surface area contributed by atoms with Gasteiger partial charge in [-0.3, -0.25) is 24.1 Å². The Hall–Kier alpha value is -3.21. The number of carbonyl (C=O) groups is 4. The lowest BCUT2D eigenvalue weighted by atomic mass is 9.76. The lowest BCUT2D eigenvalue weighted by molar-refractivity contribution is -0.150. The summed E-state index contributed by atoms with van der Waals surface area (Å²) in [5.41, 5.74) is 0.255. The molecule has 1 atom stereocenters. The van der Waals surface area contributed by atoms with E-state index in [9.17, 15) is 9.59 Å². The fourth-order valence-electron chi connectivity index (χ4n) is 4.73. The number of esters is 1. The minimum absolute atomic E-state index is 0.00380. The van der Waals surface area contributed by atoms with Gasteiger partial charge >= 0.3 is 5.97 Å². The highest BCUT2D eigenvalue weighted by atomic mass is 16.6. The number of rotatable bonds is 5. The summed E-state index contributed by atoms with van der Waals surface area (Å²) in [5, 5.41) is 16.6. The first-order valence-electron chi connectivity index (χ1n) is 11.5. The Morgan fingerprint density at radius 1 is 1.18 bits per heavy atom. The molecule has 1 aromatic rings. The summed E-state index contributed by atoms with van der Waals surface area (Å²) >= 11 is 0. The van der Waals surface area contributed by atoms with Crippen molar-refractivity contribution in [3.63, 3.8) is 0 Å². The second-order valence-electron chi connectivity index (χ2n) is 8.48. The Morgan fingerprint density at radius 3 is 2.32 bits per heavy atom. The first-order chi connectivity index (χ1) is 16.4. The number of nitrogens with zero attached hydrogens (tertiary/aromatic N) is 3. The Bertz CT molecular complexity index is 798. The lowest BCUT2D eigenvalue weighted by Crippen LogP contribution is -2.43. The number of hydrogen-bond donors (Lipinski definition) is 3. The van der Waals surface area contributed by atoms with Crippen LogP contribution in [-0.4, -0.2) is 90.3 Å². The van der Waals surface area contributed by atoms with Gasteiger partial charge in [0.2, 0.25) is 0 Å². The van der Waals surface area contributed by atoms with Crippen molar-refractivity contribution in [1.29, 1.82) is 0 Å². The Labute approximate surface area is 199 Å². The van der Waals surface area contributed by atoms with E-state index in [2.05, 4.69) is 20.1 Å². The van der Waals surface area contributed by atoms with Gasteiger partial charge in [0.05, 0.1) is 11.0 Å². The zero-order valence-corrected chi connectivity index (χ0v) is 19.5. The van der Waals surface area contributed by atoms with Crippen molar-refractivity contribution in [2.24, 2.45) is 5.41 Å². The molecule has 11 nitrogen and oxygen atoms in total. The number of likely N-dealkylation sites (tertiary alicyclic amines) is 1. The van der Waals surface area contributed by atoms with Gasteiger partial charge in [-0.1, -0.05) is 0 Å². The largest absolute Gasteiger partial charge is 0.483 e. The zero-order valence-electron chi connectivity index (χ0n) is 19.5. The third kappa shape index (κ3) is 7.14. The van der Waals surface area contributed by atoms with E-state index in [1.54, 1.807) is 6.20 Å². The molecule has 0 aliphatic carbocycles. The van der Waals surface area contributed by atoms with E-state index in [0.29, 0.717) is 12.1 Å². The van der Waals surface area contributed by atoms with Gasteiger partial charge in [-0.15, -0.1) is 0 Å². The molecule has 0 saturated carbocycles. The molecule has 0 aromatic carbocycles. The molecule has 3 aliphatic rings. The van der Waals surface area contributed by atoms with Crippen LogP contribution in [0.15, 0.2) is 18.3 Å². The van der Waals surface area contributed by atoms with Crippen molar-refractivity contribution in [1.82, 2.24) is 15.2 Å². The predicted molar refractivity (Wildman–Crippen MR) is 124 cm³/mol. The maximum absolute atomic E-state index is 12.6. The SMILES string of the molecule is CCNC(=O)c1ccc(N2CCC3(CC2)CC(CN2CCCC2)OC3=O)nc1.O=CO.O=CO. The number of carbonyl (C=O) groups excluding carboxylic acids is 2. The third-order valence-electron chi connectivity index (χ3n) is 6.38. The van der Waals surface area contributed by atoms with Gasteiger partial charge in [0.25, 0.3) is 18.9 Å². The number of ether oxygens (including phenoxy) is 1. The molecular formula is C23H34N4O7. The predicted octanol–water partition coefficient (Wildman–Crippen LogP) is 1.23. The van der Waals surface area contributed by atoms with E-state index in [-0.39, 0.29) is 36.3 Å². The van der Waals surface area contributed by atoms with Gasteiger partial charge in [0.15, 0.2) is 0 Å². The summed E-state index contributed by atoms with van der Waals surface area (Å²) in [6.45, 7) is 6.73.